The monoisotopic (exact) mass is 298 g/mol. The third-order valence-corrected chi connectivity index (χ3v) is 4.15. The van der Waals surface area contributed by atoms with Gasteiger partial charge in [-0.2, -0.15) is 0 Å². The van der Waals surface area contributed by atoms with Crippen molar-refractivity contribution < 1.29 is 14.3 Å². The SMILES string of the molecule is CC(C)(C)OC(=O)N1CCC(OC2CCCC(N)C2)CC1. The van der Waals surface area contributed by atoms with Crippen LogP contribution in [0.5, 0.6) is 0 Å². The minimum Gasteiger partial charge on any atom is -0.444 e. The molecule has 122 valence electrons. The second-order valence-electron chi connectivity index (χ2n) is 7.35. The summed E-state index contributed by atoms with van der Waals surface area (Å²) in [5.41, 5.74) is 5.57. The maximum Gasteiger partial charge on any atom is 0.410 e. The lowest BCUT2D eigenvalue weighted by Gasteiger charge is -2.36. The Kier molecular flexibility index (Phi) is 5.49. The van der Waals surface area contributed by atoms with Gasteiger partial charge in [0.1, 0.15) is 5.60 Å². The molecule has 5 heteroatoms. The van der Waals surface area contributed by atoms with E-state index in [-0.39, 0.29) is 12.2 Å². The number of hydrogen-bond acceptors (Lipinski definition) is 4. The first-order valence-electron chi connectivity index (χ1n) is 8.22. The molecule has 2 N–H and O–H groups in total. The van der Waals surface area contributed by atoms with Crippen LogP contribution < -0.4 is 5.73 Å². The summed E-state index contributed by atoms with van der Waals surface area (Å²) < 4.78 is 11.6. The van der Waals surface area contributed by atoms with Crippen LogP contribution in [0.3, 0.4) is 0 Å². The lowest BCUT2D eigenvalue weighted by molar-refractivity contribution is -0.0600. The molecule has 1 amide bonds. The predicted molar refractivity (Wildman–Crippen MR) is 82.1 cm³/mol. The molecule has 0 aromatic rings. The van der Waals surface area contributed by atoms with Crippen LogP contribution in [0.15, 0.2) is 0 Å². The topological polar surface area (TPSA) is 64.8 Å². The molecule has 0 radical (unpaired) electrons. The molecule has 21 heavy (non-hydrogen) atoms. The number of likely N-dealkylation sites (tertiary alicyclic amines) is 1. The third kappa shape index (κ3) is 5.47. The second-order valence-corrected chi connectivity index (χ2v) is 7.35. The van der Waals surface area contributed by atoms with E-state index in [9.17, 15) is 4.79 Å². The van der Waals surface area contributed by atoms with Gasteiger partial charge in [-0.1, -0.05) is 0 Å². The molecular formula is C16H30N2O3. The molecule has 1 heterocycles. The first-order valence-corrected chi connectivity index (χ1v) is 8.22. The van der Waals surface area contributed by atoms with Gasteiger partial charge in [-0.15, -0.1) is 0 Å². The van der Waals surface area contributed by atoms with E-state index >= 15 is 0 Å². The fourth-order valence-corrected chi connectivity index (χ4v) is 3.08. The Morgan fingerprint density at radius 2 is 1.76 bits per heavy atom. The molecule has 2 unspecified atom stereocenters. The number of carbonyl (C=O) groups excluding carboxylic acids is 1. The number of ether oxygens (including phenoxy) is 2. The van der Waals surface area contributed by atoms with E-state index in [1.165, 1.54) is 6.42 Å². The highest BCUT2D eigenvalue weighted by atomic mass is 16.6. The maximum absolute atomic E-state index is 12.0. The molecule has 1 aliphatic carbocycles. The molecule has 5 nitrogen and oxygen atoms in total. The van der Waals surface area contributed by atoms with E-state index in [0.717, 1.165) is 45.2 Å². The molecule has 2 rings (SSSR count). The number of amides is 1. The molecule has 1 aliphatic heterocycles. The summed E-state index contributed by atoms with van der Waals surface area (Å²) in [6.07, 6.45) is 6.55. The van der Waals surface area contributed by atoms with Crippen LogP contribution in [0.2, 0.25) is 0 Å². The fourth-order valence-electron chi connectivity index (χ4n) is 3.08. The van der Waals surface area contributed by atoms with Gasteiger partial charge in [0.2, 0.25) is 0 Å². The van der Waals surface area contributed by atoms with Gasteiger partial charge in [0.05, 0.1) is 12.2 Å². The van der Waals surface area contributed by atoms with Crippen molar-refractivity contribution in [3.8, 4) is 0 Å². The van der Waals surface area contributed by atoms with Crippen LogP contribution in [0, 0.1) is 0 Å². The number of piperidine rings is 1. The van der Waals surface area contributed by atoms with Gasteiger partial charge in [-0.3, -0.25) is 0 Å². The minimum atomic E-state index is -0.428. The van der Waals surface area contributed by atoms with E-state index in [4.69, 9.17) is 15.2 Å². The summed E-state index contributed by atoms with van der Waals surface area (Å²) in [6, 6.07) is 0.297. The zero-order valence-electron chi connectivity index (χ0n) is 13.6. The molecular weight excluding hydrogens is 268 g/mol. The van der Waals surface area contributed by atoms with E-state index in [2.05, 4.69) is 0 Å². The van der Waals surface area contributed by atoms with Gasteiger partial charge in [0.25, 0.3) is 0 Å². The highest BCUT2D eigenvalue weighted by Gasteiger charge is 2.29. The van der Waals surface area contributed by atoms with Gasteiger partial charge >= 0.3 is 6.09 Å². The number of carbonyl (C=O) groups is 1. The number of nitrogens with zero attached hydrogens (tertiary/aromatic N) is 1. The Balaban J connectivity index is 1.71. The summed E-state index contributed by atoms with van der Waals surface area (Å²) in [6.45, 7) is 7.13. The number of nitrogens with two attached hydrogens (primary N) is 1. The van der Waals surface area contributed by atoms with E-state index < -0.39 is 5.60 Å². The van der Waals surface area contributed by atoms with E-state index in [0.29, 0.717) is 12.1 Å². The van der Waals surface area contributed by atoms with Crippen LogP contribution >= 0.6 is 0 Å². The highest BCUT2D eigenvalue weighted by molar-refractivity contribution is 5.68. The van der Waals surface area contributed by atoms with Crippen molar-refractivity contribution in [3.05, 3.63) is 0 Å². The van der Waals surface area contributed by atoms with Crippen molar-refractivity contribution in [2.75, 3.05) is 13.1 Å². The Bertz CT molecular complexity index is 346. The van der Waals surface area contributed by atoms with Crippen molar-refractivity contribution in [1.29, 1.82) is 0 Å². The van der Waals surface area contributed by atoms with Gasteiger partial charge in [0.15, 0.2) is 0 Å². The standard InChI is InChI=1S/C16H30N2O3/c1-16(2,3)21-15(19)18-9-7-13(8-10-18)20-14-6-4-5-12(17)11-14/h12-14H,4-11,17H2,1-3H3. The van der Waals surface area contributed by atoms with Crippen molar-refractivity contribution in [2.45, 2.75) is 83.1 Å². The minimum absolute atomic E-state index is 0.208. The third-order valence-electron chi connectivity index (χ3n) is 4.15. The fraction of sp³-hybridized carbons (Fsp3) is 0.938. The smallest absolute Gasteiger partial charge is 0.410 e. The highest BCUT2D eigenvalue weighted by Crippen LogP contribution is 2.24. The Hall–Kier alpha value is -0.810. The predicted octanol–water partition coefficient (Wildman–Crippen LogP) is 2.67. The Morgan fingerprint density at radius 3 is 2.33 bits per heavy atom. The Labute approximate surface area is 128 Å². The van der Waals surface area contributed by atoms with Gasteiger partial charge in [0, 0.05) is 19.1 Å². The van der Waals surface area contributed by atoms with Crippen LogP contribution in [0.4, 0.5) is 4.79 Å². The molecule has 2 aliphatic rings. The van der Waals surface area contributed by atoms with Crippen LogP contribution in [0.1, 0.15) is 59.3 Å². The van der Waals surface area contributed by atoms with Gasteiger partial charge in [-0.25, -0.2) is 4.79 Å². The average Bonchev–Trinajstić information content (AvgIpc) is 2.37. The summed E-state index contributed by atoms with van der Waals surface area (Å²) in [7, 11) is 0. The van der Waals surface area contributed by atoms with Crippen molar-refractivity contribution >= 4 is 6.09 Å². The molecule has 0 spiro atoms. The summed E-state index contributed by atoms with van der Waals surface area (Å²) in [4.78, 5) is 13.8. The van der Waals surface area contributed by atoms with Gasteiger partial charge < -0.3 is 20.1 Å². The largest absolute Gasteiger partial charge is 0.444 e. The van der Waals surface area contributed by atoms with Gasteiger partial charge in [-0.05, 0) is 59.3 Å². The molecule has 2 atom stereocenters. The summed E-state index contributed by atoms with van der Waals surface area (Å²) in [5.74, 6) is 0. The first kappa shape index (κ1) is 16.6. The lowest BCUT2D eigenvalue weighted by Crippen LogP contribution is -2.44. The first-order chi connectivity index (χ1) is 9.83. The molecule has 0 aromatic carbocycles. The number of rotatable bonds is 2. The molecule has 0 aromatic heterocycles. The van der Waals surface area contributed by atoms with E-state index in [1.807, 2.05) is 20.8 Å². The zero-order valence-corrected chi connectivity index (χ0v) is 13.6. The normalized spacial score (nSPS) is 28.5. The van der Waals surface area contributed by atoms with Crippen LogP contribution in [-0.4, -0.2) is 47.9 Å². The molecule has 1 saturated heterocycles. The molecule has 2 fully saturated rings. The summed E-state index contributed by atoms with van der Waals surface area (Å²) in [5, 5.41) is 0. The zero-order chi connectivity index (χ0) is 15.5. The molecule has 1 saturated carbocycles. The van der Waals surface area contributed by atoms with Crippen LogP contribution in [-0.2, 0) is 9.47 Å². The van der Waals surface area contributed by atoms with Crippen molar-refractivity contribution in [1.82, 2.24) is 4.90 Å². The Morgan fingerprint density at radius 1 is 1.10 bits per heavy atom. The quantitative estimate of drug-likeness (QED) is 0.851. The average molecular weight is 298 g/mol. The molecule has 0 bridgehead atoms. The van der Waals surface area contributed by atoms with E-state index in [1.54, 1.807) is 4.90 Å². The van der Waals surface area contributed by atoms with Crippen molar-refractivity contribution in [3.63, 3.8) is 0 Å². The number of hydrogen-bond donors (Lipinski definition) is 1. The lowest BCUT2D eigenvalue weighted by atomic mass is 9.93. The van der Waals surface area contributed by atoms with Crippen molar-refractivity contribution in [2.24, 2.45) is 5.73 Å². The summed E-state index contributed by atoms with van der Waals surface area (Å²) >= 11 is 0. The van der Waals surface area contributed by atoms with Crippen LogP contribution in [0.25, 0.3) is 0 Å². The maximum atomic E-state index is 12.0. The second kappa shape index (κ2) is 6.97.